The molecule has 1 radical (unpaired) electrons. The molecule has 0 aromatic carbocycles. The summed E-state index contributed by atoms with van der Waals surface area (Å²) in [6, 6.07) is 0. The Kier molecular flexibility index (Phi) is 1.34. The molecule has 2 N–H and O–H groups in total. The van der Waals surface area contributed by atoms with Gasteiger partial charge in [0.1, 0.15) is 6.10 Å². The van der Waals surface area contributed by atoms with E-state index in [1.807, 2.05) is 0 Å². The molecular formula is C5H8BO5. The largest absolute Gasteiger partial charge is 0.492 e. The van der Waals surface area contributed by atoms with Gasteiger partial charge in [0.2, 0.25) is 11.6 Å². The lowest BCUT2D eigenvalue weighted by atomic mass is 10.1. The third-order valence-electron chi connectivity index (χ3n) is 2.12. The molecule has 0 aliphatic carbocycles. The van der Waals surface area contributed by atoms with Crippen LogP contribution in [0.5, 0.6) is 0 Å². The van der Waals surface area contributed by atoms with Crippen molar-refractivity contribution in [1.29, 1.82) is 0 Å². The number of aliphatic hydroxyl groups is 2. The Morgan fingerprint density at radius 1 is 1.55 bits per heavy atom. The van der Waals surface area contributed by atoms with Gasteiger partial charge in [0, 0.05) is 0 Å². The lowest BCUT2D eigenvalue weighted by molar-refractivity contribution is -0.271. The summed E-state index contributed by atoms with van der Waals surface area (Å²) in [5, 5.41) is 18.8. The van der Waals surface area contributed by atoms with Crippen LogP contribution in [0.4, 0.5) is 0 Å². The van der Waals surface area contributed by atoms with Gasteiger partial charge in [-0.1, -0.05) is 0 Å². The van der Waals surface area contributed by atoms with Crippen molar-refractivity contribution in [3.8, 4) is 0 Å². The van der Waals surface area contributed by atoms with Crippen LogP contribution in [0.3, 0.4) is 0 Å². The van der Waals surface area contributed by atoms with Crippen molar-refractivity contribution in [2.24, 2.45) is 0 Å². The third kappa shape index (κ3) is 0.732. The number of hydrogen-bond donors (Lipinski definition) is 2. The molecule has 6 heteroatoms. The summed E-state index contributed by atoms with van der Waals surface area (Å²) in [4.78, 5) is 0. The molecule has 61 valence electrons. The molecule has 0 unspecified atom stereocenters. The molecule has 0 bridgehead atoms. The second kappa shape index (κ2) is 1.96. The Balaban J connectivity index is 2.33. The van der Waals surface area contributed by atoms with Crippen LogP contribution in [0.25, 0.3) is 0 Å². The summed E-state index contributed by atoms with van der Waals surface area (Å²) in [6.45, 7) is 1.52. The van der Waals surface area contributed by atoms with Crippen molar-refractivity contribution < 1.29 is 24.3 Å². The minimum absolute atomic E-state index is 0.0147. The molecule has 0 saturated carbocycles. The first kappa shape index (κ1) is 7.51. The van der Waals surface area contributed by atoms with Crippen molar-refractivity contribution >= 4 is 7.69 Å². The van der Waals surface area contributed by atoms with Crippen molar-refractivity contribution in [3.05, 3.63) is 0 Å². The molecule has 3 atom stereocenters. The minimum atomic E-state index is -1.74. The van der Waals surface area contributed by atoms with E-state index in [1.165, 1.54) is 6.92 Å². The van der Waals surface area contributed by atoms with Crippen LogP contribution in [0.2, 0.25) is 0 Å². The highest BCUT2D eigenvalue weighted by Crippen LogP contribution is 2.41. The molecule has 2 fully saturated rings. The van der Waals surface area contributed by atoms with E-state index in [4.69, 9.17) is 14.0 Å². The van der Waals surface area contributed by atoms with E-state index in [0.717, 1.165) is 7.69 Å². The van der Waals surface area contributed by atoms with Crippen molar-refractivity contribution in [1.82, 2.24) is 0 Å². The maximum atomic E-state index is 9.61. The quantitative estimate of drug-likeness (QED) is 0.415. The lowest BCUT2D eigenvalue weighted by Crippen LogP contribution is -2.52. The van der Waals surface area contributed by atoms with E-state index in [9.17, 15) is 10.2 Å². The van der Waals surface area contributed by atoms with Crippen LogP contribution in [-0.4, -0.2) is 42.2 Å². The Morgan fingerprint density at radius 3 is 2.91 bits per heavy atom. The van der Waals surface area contributed by atoms with E-state index in [0.29, 0.717) is 0 Å². The highest BCUT2D eigenvalue weighted by Gasteiger charge is 2.64. The van der Waals surface area contributed by atoms with Gasteiger partial charge in [0.25, 0.3) is 0 Å². The van der Waals surface area contributed by atoms with E-state index in [-0.39, 0.29) is 6.61 Å². The normalized spacial score (nSPS) is 55.7. The monoisotopic (exact) mass is 159 g/mol. The van der Waals surface area contributed by atoms with Crippen LogP contribution in [0, 0.1) is 0 Å². The fourth-order valence-electron chi connectivity index (χ4n) is 1.25. The maximum absolute atomic E-state index is 9.61. The second-order valence-electron chi connectivity index (χ2n) is 2.80. The number of rotatable bonds is 0. The van der Waals surface area contributed by atoms with E-state index < -0.39 is 17.7 Å². The smallest absolute Gasteiger partial charge is 0.385 e. The van der Waals surface area contributed by atoms with E-state index >= 15 is 0 Å². The molecule has 11 heavy (non-hydrogen) atoms. The summed E-state index contributed by atoms with van der Waals surface area (Å²) >= 11 is 0. The highest BCUT2D eigenvalue weighted by atomic mass is 16.8. The van der Waals surface area contributed by atoms with Gasteiger partial charge in [0.05, 0.1) is 6.61 Å². The zero-order chi connectivity index (χ0) is 8.11. The predicted molar refractivity (Wildman–Crippen MR) is 33.2 cm³/mol. The Hall–Kier alpha value is -0.135. The standard InChI is InChI=1S/C5H8BO5/c1-4-5(8,11-6-10-4)3(7)2-9-4/h3,7-8H,2H2,1H3/t3-,4+,5+/m0/s1. The van der Waals surface area contributed by atoms with Gasteiger partial charge in [-0.25, -0.2) is 0 Å². The summed E-state index contributed by atoms with van der Waals surface area (Å²) in [7, 11) is 0.975. The van der Waals surface area contributed by atoms with Crippen LogP contribution in [0.15, 0.2) is 0 Å². The lowest BCUT2D eigenvalue weighted by Gasteiger charge is -2.29. The van der Waals surface area contributed by atoms with Crippen molar-refractivity contribution in [2.75, 3.05) is 6.61 Å². The average Bonchev–Trinajstić information content (AvgIpc) is 2.34. The SMILES string of the molecule is C[C@@]12O[B]O[C@]1(O)[C@@H](O)CO2. The van der Waals surface area contributed by atoms with E-state index in [2.05, 4.69) is 0 Å². The second-order valence-corrected chi connectivity index (χ2v) is 2.80. The van der Waals surface area contributed by atoms with Gasteiger partial charge in [-0.3, -0.25) is 0 Å². The van der Waals surface area contributed by atoms with Gasteiger partial charge in [-0.15, -0.1) is 0 Å². The molecule has 2 aliphatic rings. The number of ether oxygens (including phenoxy) is 1. The molecule has 2 rings (SSSR count). The summed E-state index contributed by atoms with van der Waals surface area (Å²) in [5.74, 6) is -3.00. The molecule has 0 spiro atoms. The van der Waals surface area contributed by atoms with Gasteiger partial charge >= 0.3 is 7.69 Å². The summed E-state index contributed by atoms with van der Waals surface area (Å²) < 4.78 is 14.6. The van der Waals surface area contributed by atoms with Crippen LogP contribution >= 0.6 is 0 Å². The van der Waals surface area contributed by atoms with Crippen molar-refractivity contribution in [3.63, 3.8) is 0 Å². The zero-order valence-electron chi connectivity index (χ0n) is 5.98. The summed E-state index contributed by atoms with van der Waals surface area (Å²) in [5.41, 5.74) is 0. The Bertz CT molecular complexity index is 188. The van der Waals surface area contributed by atoms with E-state index in [1.54, 1.807) is 0 Å². The summed E-state index contributed by atoms with van der Waals surface area (Å²) in [6.07, 6.45) is -1.06. The fourth-order valence-corrected chi connectivity index (χ4v) is 1.25. The van der Waals surface area contributed by atoms with Gasteiger partial charge in [0.15, 0.2) is 0 Å². The molecule has 0 aromatic rings. The molecule has 0 amide bonds. The molecule has 0 aromatic heterocycles. The zero-order valence-corrected chi connectivity index (χ0v) is 5.98. The first-order chi connectivity index (χ1) is 5.08. The van der Waals surface area contributed by atoms with Gasteiger partial charge in [-0.2, -0.15) is 0 Å². The fraction of sp³-hybridized carbons (Fsp3) is 1.00. The van der Waals surface area contributed by atoms with Gasteiger partial charge in [-0.05, 0) is 6.92 Å². The topological polar surface area (TPSA) is 68.2 Å². The average molecular weight is 159 g/mol. The highest BCUT2D eigenvalue weighted by molar-refractivity contribution is 6.19. The maximum Gasteiger partial charge on any atom is 0.492 e. The number of hydrogen-bond acceptors (Lipinski definition) is 5. The first-order valence-electron chi connectivity index (χ1n) is 3.30. The van der Waals surface area contributed by atoms with Gasteiger partial charge < -0.3 is 24.3 Å². The Morgan fingerprint density at radius 2 is 2.27 bits per heavy atom. The van der Waals surface area contributed by atoms with Crippen LogP contribution < -0.4 is 0 Å². The number of aliphatic hydroxyl groups excluding tert-OH is 1. The number of fused-ring (bicyclic) bond motifs is 1. The molecule has 2 saturated heterocycles. The predicted octanol–water partition coefficient (Wildman–Crippen LogP) is -1.64. The molecule has 5 nitrogen and oxygen atoms in total. The van der Waals surface area contributed by atoms with Crippen LogP contribution in [-0.2, 0) is 14.0 Å². The molecule has 2 heterocycles. The third-order valence-corrected chi connectivity index (χ3v) is 2.12. The Labute approximate surface area is 64.2 Å². The minimum Gasteiger partial charge on any atom is -0.385 e. The molecule has 2 aliphatic heterocycles. The van der Waals surface area contributed by atoms with Crippen molar-refractivity contribution in [2.45, 2.75) is 24.6 Å². The first-order valence-corrected chi connectivity index (χ1v) is 3.30. The molecular weight excluding hydrogens is 151 g/mol. The van der Waals surface area contributed by atoms with Crippen LogP contribution in [0.1, 0.15) is 6.92 Å².